The van der Waals surface area contributed by atoms with Crippen LogP contribution in [0, 0.1) is 0 Å². The van der Waals surface area contributed by atoms with Crippen LogP contribution >= 0.6 is 0 Å². The number of ether oxygens (including phenoxy) is 1. The largest absolute Gasteiger partial charge is 0.507 e. The minimum absolute atomic E-state index is 0.0153. The molecule has 0 radical (unpaired) electrons. The maximum Gasteiger partial charge on any atom is 0.338 e. The maximum atomic E-state index is 12.5. The number of para-hydroxylation sites is 2. The van der Waals surface area contributed by atoms with Gasteiger partial charge in [-0.05, 0) is 42.8 Å². The molecule has 0 atom stereocenters. The molecule has 7 nitrogen and oxygen atoms in total. The zero-order chi connectivity index (χ0) is 24.5. The molecule has 174 valence electrons. The predicted molar refractivity (Wildman–Crippen MR) is 134 cm³/mol. The van der Waals surface area contributed by atoms with Crippen molar-refractivity contribution in [2.45, 2.75) is 19.8 Å². The molecule has 3 aromatic carbocycles. The minimum Gasteiger partial charge on any atom is -0.507 e. The molecule has 7 heteroatoms. The second kappa shape index (κ2) is 11.5. The summed E-state index contributed by atoms with van der Waals surface area (Å²) in [5, 5.41) is 20.4. The molecule has 0 bridgehead atoms. The topological polar surface area (TPSA) is 118 Å². The van der Waals surface area contributed by atoms with Gasteiger partial charge in [-0.15, -0.1) is 0 Å². The fourth-order valence-electron chi connectivity index (χ4n) is 3.10. The molecule has 4 N–H and O–H groups in total. The first kappa shape index (κ1) is 24.3. The van der Waals surface area contributed by atoms with Crippen LogP contribution in [0.25, 0.3) is 5.70 Å². The lowest BCUT2D eigenvalue weighted by Crippen LogP contribution is -2.17. The molecule has 3 aromatic rings. The van der Waals surface area contributed by atoms with Crippen LogP contribution in [0.1, 0.15) is 46.8 Å². The molecule has 34 heavy (non-hydrogen) atoms. The number of carbonyl (C=O) groups is 1. The van der Waals surface area contributed by atoms with Gasteiger partial charge in [-0.25, -0.2) is 14.8 Å². The lowest BCUT2D eigenvalue weighted by molar-refractivity contribution is 0.0499. The van der Waals surface area contributed by atoms with Gasteiger partial charge in [0.15, 0.2) is 5.84 Å². The Bertz CT molecular complexity index is 1250. The van der Waals surface area contributed by atoms with Crippen LogP contribution in [-0.4, -0.2) is 34.5 Å². The van der Waals surface area contributed by atoms with Crippen molar-refractivity contribution in [3.8, 4) is 11.5 Å². The molecule has 0 aliphatic rings. The fourth-order valence-corrected chi connectivity index (χ4v) is 3.10. The van der Waals surface area contributed by atoms with Crippen LogP contribution in [0.2, 0.25) is 0 Å². The first-order chi connectivity index (χ1) is 16.4. The van der Waals surface area contributed by atoms with E-state index in [0.717, 1.165) is 12.8 Å². The Kier molecular flexibility index (Phi) is 8.18. The number of phenolic OH excluding ortho intramolecular Hbond substituents is 2. The molecule has 0 aliphatic heterocycles. The lowest BCUT2D eigenvalue weighted by atomic mass is 10.1. The summed E-state index contributed by atoms with van der Waals surface area (Å²) < 4.78 is 5.31. The number of unbranched alkanes of at least 4 members (excludes halogenated alkanes) is 1. The third-order valence-electron chi connectivity index (χ3n) is 4.95. The Morgan fingerprint density at radius 2 is 1.53 bits per heavy atom. The van der Waals surface area contributed by atoms with E-state index in [2.05, 4.69) is 16.6 Å². The van der Waals surface area contributed by atoms with E-state index in [-0.39, 0.29) is 28.9 Å². The number of phenols is 2. The van der Waals surface area contributed by atoms with Crippen LogP contribution < -0.4 is 5.73 Å². The van der Waals surface area contributed by atoms with Crippen LogP contribution in [0.15, 0.2) is 89.4 Å². The summed E-state index contributed by atoms with van der Waals surface area (Å²) in [6.45, 7) is 6.31. The second-order valence-electron chi connectivity index (χ2n) is 7.48. The van der Waals surface area contributed by atoms with Crippen molar-refractivity contribution < 1.29 is 19.7 Å². The highest BCUT2D eigenvalue weighted by Crippen LogP contribution is 2.25. The van der Waals surface area contributed by atoms with Crippen molar-refractivity contribution in [1.29, 1.82) is 0 Å². The van der Waals surface area contributed by atoms with Crippen LogP contribution in [0.4, 0.5) is 0 Å². The van der Waals surface area contributed by atoms with Crippen molar-refractivity contribution in [2.24, 2.45) is 15.7 Å². The molecule has 0 saturated carbocycles. The van der Waals surface area contributed by atoms with Crippen molar-refractivity contribution in [3.63, 3.8) is 0 Å². The Labute approximate surface area is 198 Å². The van der Waals surface area contributed by atoms with Crippen molar-refractivity contribution in [2.75, 3.05) is 6.61 Å². The highest BCUT2D eigenvalue weighted by molar-refractivity contribution is 6.13. The van der Waals surface area contributed by atoms with E-state index in [9.17, 15) is 15.0 Å². The number of aliphatic imine (C=N–C) groups is 2. The van der Waals surface area contributed by atoms with Gasteiger partial charge in [0.05, 0.1) is 23.4 Å². The number of hydrogen-bond donors (Lipinski definition) is 3. The summed E-state index contributed by atoms with van der Waals surface area (Å²) in [7, 11) is 0. The van der Waals surface area contributed by atoms with Gasteiger partial charge in [0.2, 0.25) is 0 Å². The summed E-state index contributed by atoms with van der Waals surface area (Å²) in [4.78, 5) is 21.4. The highest BCUT2D eigenvalue weighted by atomic mass is 16.5. The molecule has 0 fully saturated rings. The van der Waals surface area contributed by atoms with Gasteiger partial charge in [-0.1, -0.05) is 56.3 Å². The molecule has 0 saturated heterocycles. The SMILES string of the molecule is C=C(/N=C(\N=C(/N)c1ccccc1O)c1cccc(C(=O)OCCCC)c1)c1ccccc1O. The second-order valence-corrected chi connectivity index (χ2v) is 7.48. The van der Waals surface area contributed by atoms with Crippen LogP contribution in [0.3, 0.4) is 0 Å². The predicted octanol–water partition coefficient (Wildman–Crippen LogP) is 4.88. The third kappa shape index (κ3) is 6.10. The number of nitrogens with zero attached hydrogens (tertiary/aromatic N) is 2. The summed E-state index contributed by atoms with van der Waals surface area (Å²) in [5.74, 6) is -0.292. The third-order valence-corrected chi connectivity index (χ3v) is 4.95. The monoisotopic (exact) mass is 457 g/mol. The quantitative estimate of drug-likeness (QED) is 0.193. The Morgan fingerprint density at radius 1 is 0.912 bits per heavy atom. The molecular weight excluding hydrogens is 430 g/mol. The number of rotatable bonds is 8. The first-order valence-electron chi connectivity index (χ1n) is 10.9. The Balaban J connectivity index is 2.05. The Morgan fingerprint density at radius 3 is 2.18 bits per heavy atom. The summed E-state index contributed by atoms with van der Waals surface area (Å²) in [6.07, 6.45) is 1.69. The molecule has 0 unspecified atom stereocenters. The van der Waals surface area contributed by atoms with Crippen LogP contribution in [-0.2, 0) is 4.74 Å². The number of carbonyl (C=O) groups excluding carboxylic acids is 1. The maximum absolute atomic E-state index is 12.5. The average Bonchev–Trinajstić information content (AvgIpc) is 2.84. The summed E-state index contributed by atoms with van der Waals surface area (Å²) in [5.41, 5.74) is 8.02. The van der Waals surface area contributed by atoms with Gasteiger partial charge in [0.25, 0.3) is 0 Å². The fraction of sp³-hybridized carbons (Fsp3) is 0.148. The number of benzene rings is 3. The summed E-state index contributed by atoms with van der Waals surface area (Å²) in [6, 6.07) is 19.8. The van der Waals surface area contributed by atoms with Gasteiger partial charge in [-0.3, -0.25) is 0 Å². The normalized spacial score (nSPS) is 11.8. The molecular formula is C27H27N3O4. The van der Waals surface area contributed by atoms with Gasteiger partial charge in [0.1, 0.15) is 17.3 Å². The van der Waals surface area contributed by atoms with E-state index in [1.165, 1.54) is 12.1 Å². The van der Waals surface area contributed by atoms with Crippen molar-refractivity contribution in [3.05, 3.63) is 102 Å². The lowest BCUT2D eigenvalue weighted by Gasteiger charge is -2.10. The first-order valence-corrected chi connectivity index (χ1v) is 10.9. The van der Waals surface area contributed by atoms with E-state index >= 15 is 0 Å². The van der Waals surface area contributed by atoms with Gasteiger partial charge in [0, 0.05) is 11.1 Å². The van der Waals surface area contributed by atoms with Crippen LogP contribution in [0.5, 0.6) is 11.5 Å². The van der Waals surface area contributed by atoms with E-state index in [1.807, 2.05) is 6.92 Å². The van der Waals surface area contributed by atoms with Gasteiger partial charge in [-0.2, -0.15) is 0 Å². The number of aromatic hydroxyl groups is 2. The van der Waals surface area contributed by atoms with Crippen molar-refractivity contribution >= 4 is 23.3 Å². The number of nitrogens with two attached hydrogens (primary N) is 1. The molecule has 0 heterocycles. The standard InChI is InChI=1S/C27H27N3O4/c1-3-4-16-34-27(33)20-11-9-10-19(17-20)26(29-18(2)21-12-5-7-14-23(21)31)30-25(28)22-13-6-8-15-24(22)32/h5-15,17,31-32H,2-4,16H2,1H3,(H2,28,29,30). The zero-order valence-electron chi connectivity index (χ0n) is 18.9. The molecule has 0 aromatic heterocycles. The molecule has 3 rings (SSSR count). The van der Waals surface area contributed by atoms with E-state index in [1.54, 1.807) is 60.7 Å². The smallest absolute Gasteiger partial charge is 0.338 e. The minimum atomic E-state index is -0.452. The van der Waals surface area contributed by atoms with E-state index in [0.29, 0.717) is 28.9 Å². The number of hydrogen-bond acceptors (Lipinski definition) is 5. The van der Waals surface area contributed by atoms with Gasteiger partial charge < -0.3 is 20.7 Å². The highest BCUT2D eigenvalue weighted by Gasteiger charge is 2.14. The Hall–Kier alpha value is -4.39. The molecule has 0 aliphatic carbocycles. The molecule has 0 spiro atoms. The van der Waals surface area contributed by atoms with Crippen molar-refractivity contribution in [1.82, 2.24) is 0 Å². The molecule has 0 amide bonds. The summed E-state index contributed by atoms with van der Waals surface area (Å²) >= 11 is 0. The zero-order valence-corrected chi connectivity index (χ0v) is 18.9. The van der Waals surface area contributed by atoms with E-state index < -0.39 is 5.97 Å². The van der Waals surface area contributed by atoms with E-state index in [4.69, 9.17) is 10.5 Å². The average molecular weight is 458 g/mol. The number of esters is 1. The van der Waals surface area contributed by atoms with Gasteiger partial charge >= 0.3 is 5.97 Å². The number of amidine groups is 2.